The van der Waals surface area contributed by atoms with Crippen molar-refractivity contribution in [3.63, 3.8) is 0 Å². The van der Waals surface area contributed by atoms with E-state index in [1.165, 1.54) is 44.0 Å². The van der Waals surface area contributed by atoms with Gasteiger partial charge in [0.25, 0.3) is 0 Å². The van der Waals surface area contributed by atoms with Crippen LogP contribution in [0.1, 0.15) is 71.1 Å². The van der Waals surface area contributed by atoms with Gasteiger partial charge < -0.3 is 5.11 Å². The van der Waals surface area contributed by atoms with Crippen LogP contribution < -0.4 is 0 Å². The largest absolute Gasteiger partial charge is 0.477 e. The summed E-state index contributed by atoms with van der Waals surface area (Å²) in [6.07, 6.45) is 0. The summed E-state index contributed by atoms with van der Waals surface area (Å²) in [6, 6.07) is 17.2. The molecule has 1 atom stereocenters. The molecule has 1 aromatic heterocycles. The summed E-state index contributed by atoms with van der Waals surface area (Å²) < 4.78 is 0. The number of thiophene rings is 1. The van der Waals surface area contributed by atoms with Crippen molar-refractivity contribution >= 4 is 29.1 Å². The van der Waals surface area contributed by atoms with E-state index in [0.29, 0.717) is 10.8 Å². The molecule has 1 unspecified atom stereocenters. The number of hydrogen-bond donors (Lipinski definition) is 1. The lowest BCUT2D eigenvalue weighted by molar-refractivity contribution is 0.0702. The zero-order chi connectivity index (χ0) is 22.9. The summed E-state index contributed by atoms with van der Waals surface area (Å²) >= 11 is 3.22. The molecule has 1 N–H and O–H groups in total. The van der Waals surface area contributed by atoms with Crippen LogP contribution in [-0.4, -0.2) is 11.1 Å². The highest BCUT2D eigenvalue weighted by molar-refractivity contribution is 7.99. The molecule has 2 nitrogen and oxygen atoms in total. The van der Waals surface area contributed by atoms with Crippen molar-refractivity contribution in [3.05, 3.63) is 75.0 Å². The first-order valence-electron chi connectivity index (χ1n) is 10.7. The number of aromatic carboxylic acids is 1. The number of carboxylic acid groups (broad SMARTS) is 1. The lowest BCUT2D eigenvalue weighted by Gasteiger charge is -2.22. The monoisotopic (exact) mass is 452 g/mol. The molecule has 0 saturated heterocycles. The van der Waals surface area contributed by atoms with E-state index in [1.807, 2.05) is 17.8 Å². The van der Waals surface area contributed by atoms with Crippen LogP contribution in [0.2, 0.25) is 0 Å². The van der Waals surface area contributed by atoms with Gasteiger partial charge in [0, 0.05) is 15.0 Å². The predicted octanol–water partition coefficient (Wildman–Crippen LogP) is 8.52. The zero-order valence-electron chi connectivity index (χ0n) is 19.4. The van der Waals surface area contributed by atoms with Crippen LogP contribution in [0.3, 0.4) is 0 Å². The Balaban J connectivity index is 1.90. The van der Waals surface area contributed by atoms with Crippen molar-refractivity contribution in [2.45, 2.75) is 64.0 Å². The van der Waals surface area contributed by atoms with Gasteiger partial charge in [-0.3, -0.25) is 0 Å². The van der Waals surface area contributed by atoms with Crippen LogP contribution in [-0.2, 0) is 5.41 Å². The number of hydrogen-bond acceptors (Lipinski definition) is 3. The Bertz CT molecular complexity index is 1050. The maximum absolute atomic E-state index is 11.3. The second-order valence-corrected chi connectivity index (χ2v) is 11.9. The number of carboxylic acids is 1. The van der Waals surface area contributed by atoms with Crippen LogP contribution in [0, 0.1) is 19.8 Å². The van der Waals surface area contributed by atoms with Crippen molar-refractivity contribution in [3.8, 4) is 11.1 Å². The van der Waals surface area contributed by atoms with Crippen molar-refractivity contribution in [1.82, 2.24) is 0 Å². The highest BCUT2D eigenvalue weighted by atomic mass is 32.2. The van der Waals surface area contributed by atoms with E-state index in [9.17, 15) is 9.90 Å². The summed E-state index contributed by atoms with van der Waals surface area (Å²) in [4.78, 5) is 14.1. The van der Waals surface area contributed by atoms with Gasteiger partial charge in [0.1, 0.15) is 4.88 Å². The highest BCUT2D eigenvalue weighted by Crippen LogP contribution is 2.44. The lowest BCUT2D eigenvalue weighted by Crippen LogP contribution is -2.10. The van der Waals surface area contributed by atoms with E-state index in [4.69, 9.17) is 0 Å². The summed E-state index contributed by atoms with van der Waals surface area (Å²) in [6.45, 7) is 15.5. The third-order valence-electron chi connectivity index (χ3n) is 5.53. The molecule has 0 aliphatic heterocycles. The first kappa shape index (κ1) is 23.6. The van der Waals surface area contributed by atoms with Crippen molar-refractivity contribution < 1.29 is 9.90 Å². The van der Waals surface area contributed by atoms with Gasteiger partial charge in [-0.25, -0.2) is 4.79 Å². The second-order valence-electron chi connectivity index (χ2n) is 9.55. The van der Waals surface area contributed by atoms with Crippen molar-refractivity contribution in [1.29, 1.82) is 0 Å². The first-order chi connectivity index (χ1) is 14.5. The minimum atomic E-state index is -0.850. The Hall–Kier alpha value is -2.04. The Morgan fingerprint density at radius 2 is 1.55 bits per heavy atom. The first-order valence-corrected chi connectivity index (χ1v) is 12.4. The van der Waals surface area contributed by atoms with E-state index >= 15 is 0 Å². The van der Waals surface area contributed by atoms with Crippen LogP contribution in [0.5, 0.6) is 0 Å². The molecule has 31 heavy (non-hydrogen) atoms. The molecular formula is C27H32O2S2. The van der Waals surface area contributed by atoms with E-state index in [0.717, 1.165) is 4.88 Å². The highest BCUT2D eigenvalue weighted by Gasteiger charge is 2.22. The molecule has 0 aliphatic carbocycles. The van der Waals surface area contributed by atoms with E-state index < -0.39 is 5.97 Å². The van der Waals surface area contributed by atoms with Gasteiger partial charge in [-0.15, -0.1) is 23.1 Å². The normalized spacial score (nSPS) is 12.9. The molecule has 0 saturated carbocycles. The van der Waals surface area contributed by atoms with Gasteiger partial charge in [0.05, 0.1) is 0 Å². The maximum Gasteiger partial charge on any atom is 0.345 e. The maximum atomic E-state index is 11.3. The fourth-order valence-electron chi connectivity index (χ4n) is 3.87. The minimum Gasteiger partial charge on any atom is -0.477 e. The van der Waals surface area contributed by atoms with E-state index in [1.54, 1.807) is 6.07 Å². The summed E-state index contributed by atoms with van der Waals surface area (Å²) in [5.41, 5.74) is 6.59. The predicted molar refractivity (Wildman–Crippen MR) is 135 cm³/mol. The van der Waals surface area contributed by atoms with Gasteiger partial charge >= 0.3 is 5.97 Å². The molecular weight excluding hydrogens is 420 g/mol. The summed E-state index contributed by atoms with van der Waals surface area (Å²) in [7, 11) is 0. The molecule has 0 aliphatic rings. The molecule has 2 aromatic carbocycles. The minimum absolute atomic E-state index is 0.150. The SMILES string of the molecule is Cc1cc(SC(c2ccc(C(=O)O)s2)C(C)C)cc(C)c1-c1ccc(C(C)(C)C)cc1. The van der Waals surface area contributed by atoms with Gasteiger partial charge in [0.15, 0.2) is 0 Å². The Labute approximate surface area is 194 Å². The number of aryl methyl sites for hydroxylation is 2. The molecule has 0 fully saturated rings. The third-order valence-corrected chi connectivity index (χ3v) is 8.40. The molecule has 0 bridgehead atoms. The van der Waals surface area contributed by atoms with Gasteiger partial charge in [0.2, 0.25) is 0 Å². The number of carbonyl (C=O) groups is 1. The van der Waals surface area contributed by atoms with Crippen LogP contribution in [0.4, 0.5) is 0 Å². The number of thioether (sulfide) groups is 1. The lowest BCUT2D eigenvalue weighted by atomic mass is 9.85. The molecule has 3 aromatic rings. The molecule has 0 radical (unpaired) electrons. The van der Waals surface area contributed by atoms with E-state index in [2.05, 4.69) is 84.9 Å². The summed E-state index contributed by atoms with van der Waals surface area (Å²) in [5.74, 6) is -0.451. The quantitative estimate of drug-likeness (QED) is 0.381. The standard InChI is InChI=1S/C27H32O2S2/c1-16(2)25(22-12-13-23(31-22)26(28)29)30-21-14-17(3)24(18(4)15-21)19-8-10-20(11-9-19)27(5,6)7/h8-16,25H,1-7H3,(H,28,29). The summed E-state index contributed by atoms with van der Waals surface area (Å²) in [5, 5.41) is 9.52. The van der Waals surface area contributed by atoms with Gasteiger partial charge in [-0.2, -0.15) is 0 Å². The second kappa shape index (κ2) is 9.22. The van der Waals surface area contributed by atoms with Crippen molar-refractivity contribution in [2.24, 2.45) is 5.92 Å². The molecule has 0 spiro atoms. The smallest absolute Gasteiger partial charge is 0.345 e. The fourth-order valence-corrected chi connectivity index (χ4v) is 6.41. The average molecular weight is 453 g/mol. The van der Waals surface area contributed by atoms with E-state index in [-0.39, 0.29) is 10.7 Å². The Morgan fingerprint density at radius 1 is 0.968 bits per heavy atom. The fraction of sp³-hybridized carbons (Fsp3) is 0.370. The zero-order valence-corrected chi connectivity index (χ0v) is 21.1. The molecule has 164 valence electrons. The number of rotatable bonds is 6. The van der Waals surface area contributed by atoms with Gasteiger partial charge in [-0.05, 0) is 77.3 Å². The van der Waals surface area contributed by atoms with Gasteiger partial charge in [-0.1, -0.05) is 58.9 Å². The van der Waals surface area contributed by atoms with Crippen LogP contribution >= 0.6 is 23.1 Å². The average Bonchev–Trinajstić information content (AvgIpc) is 3.15. The Kier molecular flexibility index (Phi) is 7.02. The molecule has 0 amide bonds. The third kappa shape index (κ3) is 5.42. The molecule has 4 heteroatoms. The number of benzene rings is 2. The van der Waals surface area contributed by atoms with Crippen LogP contribution in [0.25, 0.3) is 11.1 Å². The topological polar surface area (TPSA) is 37.3 Å². The van der Waals surface area contributed by atoms with Crippen molar-refractivity contribution in [2.75, 3.05) is 0 Å². The molecule has 3 rings (SSSR count). The molecule has 1 heterocycles. The Morgan fingerprint density at radius 3 is 2.00 bits per heavy atom. The van der Waals surface area contributed by atoms with Crippen LogP contribution in [0.15, 0.2) is 53.4 Å².